The molecule has 0 atom stereocenters. The van der Waals surface area contributed by atoms with Gasteiger partial charge in [-0.1, -0.05) is 6.07 Å². The third kappa shape index (κ3) is 2.54. The monoisotopic (exact) mass is 243 g/mol. The maximum absolute atomic E-state index is 11.3. The first-order valence-corrected chi connectivity index (χ1v) is 5.37. The van der Waals surface area contributed by atoms with Gasteiger partial charge < -0.3 is 16.8 Å². The quantitative estimate of drug-likeness (QED) is 0.687. The lowest BCUT2D eigenvalue weighted by Crippen LogP contribution is -2.16. The molecular formula is C12H13N5O. The molecule has 0 saturated heterocycles. The molecule has 0 aliphatic carbocycles. The molecule has 5 N–H and O–H groups in total. The fraction of sp³-hybridized carbons (Fsp3) is 0.0833. The van der Waals surface area contributed by atoms with Crippen LogP contribution in [0.5, 0.6) is 0 Å². The molecule has 0 spiro atoms. The number of rotatable bonds is 4. The van der Waals surface area contributed by atoms with Crippen molar-refractivity contribution in [2.75, 3.05) is 11.1 Å². The number of hydrogen-bond donors (Lipinski definition) is 3. The molecule has 2 rings (SSSR count). The SMILES string of the molecule is NC(=O)c1cccc(N)c1NCc1cccnn1. The third-order valence-corrected chi connectivity index (χ3v) is 2.44. The number of amides is 1. The average molecular weight is 243 g/mol. The Morgan fingerprint density at radius 3 is 2.78 bits per heavy atom. The number of anilines is 2. The van der Waals surface area contributed by atoms with Gasteiger partial charge in [0.25, 0.3) is 5.91 Å². The van der Waals surface area contributed by atoms with E-state index in [9.17, 15) is 4.79 Å². The van der Waals surface area contributed by atoms with Crippen molar-refractivity contribution in [3.63, 3.8) is 0 Å². The molecular weight excluding hydrogens is 230 g/mol. The summed E-state index contributed by atoms with van der Waals surface area (Å²) in [7, 11) is 0. The zero-order chi connectivity index (χ0) is 13.0. The lowest BCUT2D eigenvalue weighted by Gasteiger charge is -2.12. The molecule has 92 valence electrons. The van der Waals surface area contributed by atoms with Crippen molar-refractivity contribution in [1.82, 2.24) is 10.2 Å². The summed E-state index contributed by atoms with van der Waals surface area (Å²) in [6.45, 7) is 0.419. The molecule has 0 aliphatic heterocycles. The maximum atomic E-state index is 11.3. The molecule has 1 amide bonds. The van der Waals surface area contributed by atoms with Gasteiger partial charge in [0.15, 0.2) is 0 Å². The molecule has 18 heavy (non-hydrogen) atoms. The van der Waals surface area contributed by atoms with Gasteiger partial charge in [0.1, 0.15) is 0 Å². The summed E-state index contributed by atoms with van der Waals surface area (Å²) in [4.78, 5) is 11.3. The minimum atomic E-state index is -0.524. The molecule has 0 fully saturated rings. The number of aromatic nitrogens is 2. The Balaban J connectivity index is 2.21. The minimum Gasteiger partial charge on any atom is -0.397 e. The molecule has 0 aliphatic rings. The molecule has 2 aromatic rings. The van der Waals surface area contributed by atoms with Crippen LogP contribution in [0, 0.1) is 0 Å². The number of nitrogens with one attached hydrogen (secondary N) is 1. The predicted octanol–water partition coefficient (Wildman–Crippen LogP) is 0.770. The summed E-state index contributed by atoms with van der Waals surface area (Å²) in [5.41, 5.74) is 13.2. The van der Waals surface area contributed by atoms with Crippen LogP contribution >= 0.6 is 0 Å². The van der Waals surface area contributed by atoms with E-state index in [2.05, 4.69) is 15.5 Å². The molecule has 0 bridgehead atoms. The Hall–Kier alpha value is -2.63. The highest BCUT2D eigenvalue weighted by Crippen LogP contribution is 2.23. The van der Waals surface area contributed by atoms with Crippen LogP contribution in [0.25, 0.3) is 0 Å². The summed E-state index contributed by atoms with van der Waals surface area (Å²) >= 11 is 0. The second-order valence-electron chi connectivity index (χ2n) is 3.70. The Morgan fingerprint density at radius 1 is 1.28 bits per heavy atom. The van der Waals surface area contributed by atoms with Crippen LogP contribution in [0.3, 0.4) is 0 Å². The number of carbonyl (C=O) groups excluding carboxylic acids is 1. The van der Waals surface area contributed by atoms with Crippen LogP contribution in [-0.2, 0) is 6.54 Å². The van der Waals surface area contributed by atoms with Crippen LogP contribution in [0.2, 0.25) is 0 Å². The van der Waals surface area contributed by atoms with Gasteiger partial charge in [-0.25, -0.2) is 0 Å². The van der Waals surface area contributed by atoms with E-state index in [-0.39, 0.29) is 0 Å². The Morgan fingerprint density at radius 2 is 2.11 bits per heavy atom. The largest absolute Gasteiger partial charge is 0.397 e. The average Bonchev–Trinajstić information content (AvgIpc) is 2.38. The van der Waals surface area contributed by atoms with E-state index in [1.807, 2.05) is 6.07 Å². The topological polar surface area (TPSA) is 107 Å². The standard InChI is InChI=1S/C12H13N5O/c13-10-5-1-4-9(12(14)18)11(10)15-7-8-3-2-6-16-17-8/h1-6,15H,7,13H2,(H2,14,18). The number of nitrogens with zero attached hydrogens (tertiary/aromatic N) is 2. The van der Waals surface area contributed by atoms with E-state index < -0.39 is 5.91 Å². The van der Waals surface area contributed by atoms with Crippen LogP contribution in [-0.4, -0.2) is 16.1 Å². The van der Waals surface area contributed by atoms with Crippen LogP contribution in [0.1, 0.15) is 16.1 Å². The second kappa shape index (κ2) is 5.13. The van der Waals surface area contributed by atoms with E-state index in [0.717, 1.165) is 5.69 Å². The molecule has 6 heteroatoms. The van der Waals surface area contributed by atoms with Crippen molar-refractivity contribution in [1.29, 1.82) is 0 Å². The smallest absolute Gasteiger partial charge is 0.250 e. The van der Waals surface area contributed by atoms with Crippen LogP contribution in [0.15, 0.2) is 36.5 Å². The normalized spacial score (nSPS) is 10.0. The lowest BCUT2D eigenvalue weighted by atomic mass is 10.1. The number of nitrogens with two attached hydrogens (primary N) is 2. The van der Waals surface area contributed by atoms with Gasteiger partial charge in [0.2, 0.25) is 0 Å². The van der Waals surface area contributed by atoms with Gasteiger partial charge in [0.05, 0.1) is 29.2 Å². The zero-order valence-corrected chi connectivity index (χ0v) is 9.63. The maximum Gasteiger partial charge on any atom is 0.250 e. The molecule has 0 radical (unpaired) electrons. The van der Waals surface area contributed by atoms with Gasteiger partial charge in [-0.05, 0) is 24.3 Å². The van der Waals surface area contributed by atoms with Gasteiger partial charge in [-0.2, -0.15) is 10.2 Å². The van der Waals surface area contributed by atoms with Crippen LogP contribution in [0.4, 0.5) is 11.4 Å². The zero-order valence-electron chi connectivity index (χ0n) is 9.63. The summed E-state index contributed by atoms with van der Waals surface area (Å²) in [5, 5.41) is 10.7. The summed E-state index contributed by atoms with van der Waals surface area (Å²) < 4.78 is 0. The van der Waals surface area contributed by atoms with Crippen LogP contribution < -0.4 is 16.8 Å². The molecule has 0 unspecified atom stereocenters. The second-order valence-corrected chi connectivity index (χ2v) is 3.70. The number of hydrogen-bond acceptors (Lipinski definition) is 5. The Labute approximate surface area is 104 Å². The van der Waals surface area contributed by atoms with E-state index in [1.54, 1.807) is 30.5 Å². The highest BCUT2D eigenvalue weighted by Gasteiger charge is 2.10. The first kappa shape index (κ1) is 11.8. The molecule has 0 saturated carbocycles. The van der Waals surface area contributed by atoms with Crippen molar-refractivity contribution < 1.29 is 4.79 Å². The molecule has 6 nitrogen and oxygen atoms in total. The fourth-order valence-electron chi connectivity index (χ4n) is 1.58. The van der Waals surface area contributed by atoms with Gasteiger partial charge in [-0.3, -0.25) is 4.79 Å². The lowest BCUT2D eigenvalue weighted by molar-refractivity contribution is 0.100. The fourth-order valence-corrected chi connectivity index (χ4v) is 1.58. The highest BCUT2D eigenvalue weighted by atomic mass is 16.1. The Bertz CT molecular complexity index is 556. The van der Waals surface area contributed by atoms with Gasteiger partial charge in [-0.15, -0.1) is 0 Å². The third-order valence-electron chi connectivity index (χ3n) is 2.44. The number of benzene rings is 1. The van der Waals surface area contributed by atoms with Crippen molar-refractivity contribution >= 4 is 17.3 Å². The number of para-hydroxylation sites is 1. The van der Waals surface area contributed by atoms with E-state index in [0.29, 0.717) is 23.5 Å². The molecule has 1 aromatic heterocycles. The number of nitrogen functional groups attached to an aromatic ring is 1. The van der Waals surface area contributed by atoms with E-state index in [1.165, 1.54) is 0 Å². The summed E-state index contributed by atoms with van der Waals surface area (Å²) in [5.74, 6) is -0.524. The minimum absolute atomic E-state index is 0.360. The van der Waals surface area contributed by atoms with Crippen molar-refractivity contribution in [2.45, 2.75) is 6.54 Å². The van der Waals surface area contributed by atoms with Gasteiger partial charge >= 0.3 is 0 Å². The van der Waals surface area contributed by atoms with E-state index >= 15 is 0 Å². The van der Waals surface area contributed by atoms with E-state index in [4.69, 9.17) is 11.5 Å². The van der Waals surface area contributed by atoms with Crippen molar-refractivity contribution in [2.24, 2.45) is 5.73 Å². The molecule has 1 aromatic carbocycles. The summed E-state index contributed by atoms with van der Waals surface area (Å²) in [6, 6.07) is 8.61. The summed E-state index contributed by atoms with van der Waals surface area (Å²) in [6.07, 6.45) is 1.59. The first-order chi connectivity index (χ1) is 8.68. The molecule has 1 heterocycles. The predicted molar refractivity (Wildman–Crippen MR) is 68.7 cm³/mol. The van der Waals surface area contributed by atoms with Gasteiger partial charge in [0, 0.05) is 6.20 Å². The highest BCUT2D eigenvalue weighted by molar-refractivity contribution is 6.01. The number of carbonyl (C=O) groups is 1. The first-order valence-electron chi connectivity index (χ1n) is 5.37. The Kier molecular flexibility index (Phi) is 3.38. The van der Waals surface area contributed by atoms with Crippen molar-refractivity contribution in [3.05, 3.63) is 47.8 Å². The number of primary amides is 1. The van der Waals surface area contributed by atoms with Crippen molar-refractivity contribution in [3.8, 4) is 0 Å².